The minimum Gasteiger partial charge on any atom is -0.496 e. The average molecular weight is 296 g/mol. The Morgan fingerprint density at radius 2 is 1.84 bits per heavy atom. The lowest BCUT2D eigenvalue weighted by Crippen LogP contribution is -2.14. The lowest BCUT2D eigenvalue weighted by molar-refractivity contribution is 0.405. The van der Waals surface area contributed by atoms with Crippen LogP contribution in [0, 0.1) is 0 Å². The van der Waals surface area contributed by atoms with Gasteiger partial charge in [-0.05, 0) is 30.2 Å². The number of methoxy groups -OCH3 is 1. The van der Waals surface area contributed by atoms with Gasteiger partial charge in [0.15, 0.2) is 0 Å². The molecule has 2 aromatic rings. The molecular formula is C15H15Cl2NO. The molecule has 1 atom stereocenters. The van der Waals surface area contributed by atoms with Crippen molar-refractivity contribution in [2.45, 2.75) is 12.5 Å². The Labute approximate surface area is 123 Å². The van der Waals surface area contributed by atoms with E-state index in [1.54, 1.807) is 13.2 Å². The molecule has 0 fully saturated rings. The first-order valence-corrected chi connectivity index (χ1v) is 6.70. The second-order valence-electron chi connectivity index (χ2n) is 4.30. The fourth-order valence-electron chi connectivity index (χ4n) is 2.00. The smallest absolute Gasteiger partial charge is 0.123 e. The molecule has 0 saturated heterocycles. The summed E-state index contributed by atoms with van der Waals surface area (Å²) >= 11 is 11.9. The normalized spacial score (nSPS) is 12.2. The van der Waals surface area contributed by atoms with Gasteiger partial charge in [0, 0.05) is 11.6 Å². The van der Waals surface area contributed by atoms with Crippen LogP contribution in [0.5, 0.6) is 5.75 Å². The van der Waals surface area contributed by atoms with Gasteiger partial charge in [-0.1, -0.05) is 47.5 Å². The Hall–Kier alpha value is -1.22. The number of rotatable bonds is 4. The van der Waals surface area contributed by atoms with E-state index in [1.165, 1.54) is 0 Å². The summed E-state index contributed by atoms with van der Waals surface area (Å²) in [7, 11) is 1.64. The maximum absolute atomic E-state index is 6.24. The number of hydrogen-bond acceptors (Lipinski definition) is 2. The molecule has 2 aromatic carbocycles. The summed E-state index contributed by atoms with van der Waals surface area (Å²) in [5.41, 5.74) is 8.27. The quantitative estimate of drug-likeness (QED) is 0.915. The third kappa shape index (κ3) is 3.41. The number of hydrogen-bond donors (Lipinski definition) is 1. The van der Waals surface area contributed by atoms with Crippen molar-refractivity contribution in [2.24, 2.45) is 5.73 Å². The topological polar surface area (TPSA) is 35.2 Å². The van der Waals surface area contributed by atoms with E-state index in [0.717, 1.165) is 16.9 Å². The van der Waals surface area contributed by atoms with Gasteiger partial charge in [0.2, 0.25) is 0 Å². The maximum atomic E-state index is 6.24. The second kappa shape index (κ2) is 6.29. The first-order valence-electron chi connectivity index (χ1n) is 5.94. The van der Waals surface area contributed by atoms with Crippen LogP contribution in [0.1, 0.15) is 17.2 Å². The van der Waals surface area contributed by atoms with Crippen LogP contribution in [-0.4, -0.2) is 7.11 Å². The van der Waals surface area contributed by atoms with Gasteiger partial charge < -0.3 is 10.5 Å². The van der Waals surface area contributed by atoms with Crippen LogP contribution >= 0.6 is 23.2 Å². The molecule has 19 heavy (non-hydrogen) atoms. The number of nitrogens with two attached hydrogens (primary N) is 1. The molecular weight excluding hydrogens is 281 g/mol. The number of ether oxygens (including phenoxy) is 1. The van der Waals surface area contributed by atoms with Gasteiger partial charge >= 0.3 is 0 Å². The Balaban J connectivity index is 2.20. The van der Waals surface area contributed by atoms with Crippen molar-refractivity contribution < 1.29 is 4.74 Å². The molecule has 2 rings (SSSR count). The first kappa shape index (κ1) is 14.2. The maximum Gasteiger partial charge on any atom is 0.123 e. The van der Waals surface area contributed by atoms with Gasteiger partial charge in [0.1, 0.15) is 5.75 Å². The molecule has 0 aliphatic heterocycles. The van der Waals surface area contributed by atoms with Crippen LogP contribution in [0.15, 0.2) is 42.5 Å². The van der Waals surface area contributed by atoms with Crippen molar-refractivity contribution in [3.63, 3.8) is 0 Å². The third-order valence-electron chi connectivity index (χ3n) is 2.98. The van der Waals surface area contributed by atoms with E-state index in [0.29, 0.717) is 16.5 Å². The first-order chi connectivity index (χ1) is 9.11. The van der Waals surface area contributed by atoms with Gasteiger partial charge in [-0.3, -0.25) is 0 Å². The minimum atomic E-state index is -0.145. The van der Waals surface area contributed by atoms with E-state index in [2.05, 4.69) is 0 Å². The highest BCUT2D eigenvalue weighted by atomic mass is 35.5. The van der Waals surface area contributed by atoms with E-state index >= 15 is 0 Å². The fraction of sp³-hybridized carbons (Fsp3) is 0.200. The summed E-state index contributed by atoms with van der Waals surface area (Å²) in [6.07, 6.45) is 0.678. The summed E-state index contributed by atoms with van der Waals surface area (Å²) < 4.78 is 5.32. The Kier molecular flexibility index (Phi) is 4.70. The van der Waals surface area contributed by atoms with Gasteiger partial charge in [-0.15, -0.1) is 0 Å². The van der Waals surface area contributed by atoms with Crippen LogP contribution in [-0.2, 0) is 6.42 Å². The molecule has 0 aliphatic rings. The molecule has 2 N–H and O–H groups in total. The molecule has 0 aromatic heterocycles. The standard InChI is InChI=1S/C15H15Cl2NO/c1-19-15-5-3-2-4-11(15)14(18)9-10-6-7-12(16)13(17)8-10/h2-8,14H,9,18H2,1H3. The SMILES string of the molecule is COc1ccccc1C(N)Cc1ccc(Cl)c(Cl)c1. The highest BCUT2D eigenvalue weighted by Crippen LogP contribution is 2.28. The van der Waals surface area contributed by atoms with Crippen molar-refractivity contribution in [2.75, 3.05) is 7.11 Å². The molecule has 0 heterocycles. The summed E-state index contributed by atoms with van der Waals surface area (Å²) in [6.45, 7) is 0. The zero-order chi connectivity index (χ0) is 13.8. The van der Waals surface area contributed by atoms with Gasteiger partial charge in [0.05, 0.1) is 17.2 Å². The highest BCUT2D eigenvalue weighted by molar-refractivity contribution is 6.42. The van der Waals surface area contributed by atoms with E-state index in [9.17, 15) is 0 Å². The molecule has 4 heteroatoms. The average Bonchev–Trinajstić information content (AvgIpc) is 2.43. The number of benzene rings is 2. The Bertz CT molecular complexity index is 572. The summed E-state index contributed by atoms with van der Waals surface area (Å²) in [5.74, 6) is 0.801. The number of halogens is 2. The zero-order valence-electron chi connectivity index (χ0n) is 10.6. The van der Waals surface area contributed by atoms with Crippen molar-refractivity contribution in [1.82, 2.24) is 0 Å². The van der Waals surface area contributed by atoms with E-state index in [-0.39, 0.29) is 6.04 Å². The summed E-state index contributed by atoms with van der Waals surface area (Å²) in [6, 6.07) is 13.2. The molecule has 100 valence electrons. The summed E-state index contributed by atoms with van der Waals surface area (Å²) in [5, 5.41) is 1.10. The lowest BCUT2D eigenvalue weighted by Gasteiger charge is -2.16. The monoisotopic (exact) mass is 295 g/mol. The van der Waals surface area contributed by atoms with Crippen LogP contribution in [0.2, 0.25) is 10.0 Å². The second-order valence-corrected chi connectivity index (χ2v) is 5.12. The van der Waals surface area contributed by atoms with Crippen LogP contribution in [0.3, 0.4) is 0 Å². The Morgan fingerprint density at radius 3 is 2.53 bits per heavy atom. The largest absolute Gasteiger partial charge is 0.496 e. The molecule has 1 unspecified atom stereocenters. The zero-order valence-corrected chi connectivity index (χ0v) is 12.1. The van der Waals surface area contributed by atoms with Gasteiger partial charge in [-0.25, -0.2) is 0 Å². The molecule has 0 saturated carbocycles. The minimum absolute atomic E-state index is 0.145. The molecule has 0 radical (unpaired) electrons. The van der Waals surface area contributed by atoms with Gasteiger partial charge in [0.25, 0.3) is 0 Å². The van der Waals surface area contributed by atoms with Crippen molar-refractivity contribution >= 4 is 23.2 Å². The van der Waals surface area contributed by atoms with Crippen LogP contribution < -0.4 is 10.5 Å². The van der Waals surface area contributed by atoms with Crippen molar-refractivity contribution in [3.8, 4) is 5.75 Å². The predicted octanol–water partition coefficient (Wildman–Crippen LogP) is 4.24. The van der Waals surface area contributed by atoms with E-state index < -0.39 is 0 Å². The van der Waals surface area contributed by atoms with E-state index in [4.69, 9.17) is 33.7 Å². The van der Waals surface area contributed by atoms with Crippen LogP contribution in [0.4, 0.5) is 0 Å². The Morgan fingerprint density at radius 1 is 1.11 bits per heavy atom. The molecule has 0 aliphatic carbocycles. The van der Waals surface area contributed by atoms with Crippen LogP contribution in [0.25, 0.3) is 0 Å². The predicted molar refractivity (Wildman–Crippen MR) is 80.1 cm³/mol. The molecule has 0 spiro atoms. The summed E-state index contributed by atoms with van der Waals surface area (Å²) in [4.78, 5) is 0. The number of para-hydroxylation sites is 1. The molecule has 0 amide bonds. The van der Waals surface area contributed by atoms with Crippen molar-refractivity contribution in [3.05, 3.63) is 63.6 Å². The molecule has 2 nitrogen and oxygen atoms in total. The van der Waals surface area contributed by atoms with Gasteiger partial charge in [-0.2, -0.15) is 0 Å². The fourth-order valence-corrected chi connectivity index (χ4v) is 2.32. The van der Waals surface area contributed by atoms with E-state index in [1.807, 2.05) is 36.4 Å². The molecule has 0 bridgehead atoms. The lowest BCUT2D eigenvalue weighted by atomic mass is 9.99. The third-order valence-corrected chi connectivity index (χ3v) is 3.72. The van der Waals surface area contributed by atoms with Crippen molar-refractivity contribution in [1.29, 1.82) is 0 Å². The highest BCUT2D eigenvalue weighted by Gasteiger charge is 2.12.